The Morgan fingerprint density at radius 3 is 2.63 bits per heavy atom. The third kappa shape index (κ3) is 5.34. The average molecular weight is 372 g/mol. The quantitative estimate of drug-likeness (QED) is 0.780. The number of aryl methyl sites for hydroxylation is 2. The highest BCUT2D eigenvalue weighted by Gasteiger charge is 2.29. The number of amides is 1. The number of nitrogens with zero attached hydrogens (tertiary/aromatic N) is 2. The molecule has 1 aliphatic rings. The van der Waals surface area contributed by atoms with Gasteiger partial charge in [0.1, 0.15) is 17.3 Å². The second-order valence-corrected chi connectivity index (χ2v) is 7.16. The van der Waals surface area contributed by atoms with Crippen molar-refractivity contribution in [3.63, 3.8) is 0 Å². The van der Waals surface area contributed by atoms with Crippen molar-refractivity contribution in [1.29, 1.82) is 0 Å². The van der Waals surface area contributed by atoms with Gasteiger partial charge in [-0.25, -0.2) is 0 Å². The van der Waals surface area contributed by atoms with Crippen LogP contribution in [-0.2, 0) is 17.8 Å². The molecule has 1 atom stereocenters. The number of carbonyl (C=O) groups is 1. The van der Waals surface area contributed by atoms with E-state index >= 15 is 0 Å². The van der Waals surface area contributed by atoms with E-state index < -0.39 is 0 Å². The molecule has 1 aromatic heterocycles. The standard InChI is InChI=1S/C21H28N2O4/c1-16-2-8-20(27-16)15-22-11-12-23(14-18(22)10-13-24)21(26)9-5-17-3-6-19(25)7-4-17/h2-4,6-8,18,24-25H,5,9-15H2,1H3/t18-/m1/s1. The molecule has 1 aliphatic heterocycles. The van der Waals surface area contributed by atoms with E-state index in [1.54, 1.807) is 12.1 Å². The molecule has 1 aromatic carbocycles. The van der Waals surface area contributed by atoms with Crippen LogP contribution in [0.15, 0.2) is 40.8 Å². The second-order valence-electron chi connectivity index (χ2n) is 7.16. The molecule has 0 bridgehead atoms. The van der Waals surface area contributed by atoms with Gasteiger partial charge in [0.2, 0.25) is 5.91 Å². The van der Waals surface area contributed by atoms with Crippen molar-refractivity contribution < 1.29 is 19.4 Å². The van der Waals surface area contributed by atoms with Gasteiger partial charge in [-0.05, 0) is 49.6 Å². The normalized spacial score (nSPS) is 18.0. The van der Waals surface area contributed by atoms with Crippen molar-refractivity contribution in [3.05, 3.63) is 53.5 Å². The number of rotatable bonds is 7. The molecule has 0 aliphatic carbocycles. The lowest BCUT2D eigenvalue weighted by atomic mass is 10.1. The van der Waals surface area contributed by atoms with Crippen LogP contribution in [0.25, 0.3) is 0 Å². The molecular formula is C21H28N2O4. The summed E-state index contributed by atoms with van der Waals surface area (Å²) < 4.78 is 5.68. The van der Waals surface area contributed by atoms with Crippen LogP contribution in [0.2, 0.25) is 0 Å². The summed E-state index contributed by atoms with van der Waals surface area (Å²) in [6.07, 6.45) is 1.76. The topological polar surface area (TPSA) is 77.2 Å². The van der Waals surface area contributed by atoms with Crippen molar-refractivity contribution >= 4 is 5.91 Å². The molecule has 2 aromatic rings. The summed E-state index contributed by atoms with van der Waals surface area (Å²) in [6, 6.07) is 11.1. The Morgan fingerprint density at radius 1 is 1.19 bits per heavy atom. The van der Waals surface area contributed by atoms with Crippen LogP contribution in [0, 0.1) is 6.92 Å². The molecule has 0 spiro atoms. The Morgan fingerprint density at radius 2 is 1.96 bits per heavy atom. The second kappa shape index (κ2) is 9.06. The van der Waals surface area contributed by atoms with Gasteiger partial charge in [-0.1, -0.05) is 12.1 Å². The van der Waals surface area contributed by atoms with E-state index in [0.29, 0.717) is 38.9 Å². The van der Waals surface area contributed by atoms with E-state index in [2.05, 4.69) is 4.90 Å². The summed E-state index contributed by atoms with van der Waals surface area (Å²) in [5, 5.41) is 18.8. The fourth-order valence-electron chi connectivity index (χ4n) is 3.59. The van der Waals surface area contributed by atoms with Crippen LogP contribution in [-0.4, -0.2) is 58.2 Å². The first-order chi connectivity index (χ1) is 13.0. The monoisotopic (exact) mass is 372 g/mol. The van der Waals surface area contributed by atoms with E-state index in [9.17, 15) is 15.0 Å². The number of hydrogen-bond acceptors (Lipinski definition) is 5. The minimum atomic E-state index is 0.105. The SMILES string of the molecule is Cc1ccc(CN2CCN(C(=O)CCc3ccc(O)cc3)C[C@H]2CCO)o1. The molecule has 27 heavy (non-hydrogen) atoms. The van der Waals surface area contributed by atoms with Crippen molar-refractivity contribution in [2.24, 2.45) is 0 Å². The molecule has 0 saturated carbocycles. The van der Waals surface area contributed by atoms with Crippen LogP contribution in [0.3, 0.4) is 0 Å². The number of aliphatic hydroxyl groups is 1. The number of aromatic hydroxyl groups is 1. The van der Waals surface area contributed by atoms with E-state index in [1.165, 1.54) is 0 Å². The summed E-state index contributed by atoms with van der Waals surface area (Å²) in [5.74, 6) is 2.19. The van der Waals surface area contributed by atoms with E-state index in [4.69, 9.17) is 4.42 Å². The molecule has 6 nitrogen and oxygen atoms in total. The maximum absolute atomic E-state index is 12.6. The molecule has 1 saturated heterocycles. The maximum Gasteiger partial charge on any atom is 0.222 e. The molecule has 2 N–H and O–H groups in total. The minimum absolute atomic E-state index is 0.105. The Kier molecular flexibility index (Phi) is 6.53. The van der Waals surface area contributed by atoms with Crippen molar-refractivity contribution in [1.82, 2.24) is 9.80 Å². The van der Waals surface area contributed by atoms with Crippen molar-refractivity contribution in [3.8, 4) is 5.75 Å². The Labute approximate surface area is 160 Å². The van der Waals surface area contributed by atoms with Gasteiger partial charge in [-0.3, -0.25) is 9.69 Å². The number of benzene rings is 1. The molecule has 6 heteroatoms. The first-order valence-corrected chi connectivity index (χ1v) is 9.51. The number of phenolic OH excluding ortho intramolecular Hbond substituents is 1. The smallest absolute Gasteiger partial charge is 0.222 e. The first kappa shape index (κ1) is 19.5. The molecule has 3 rings (SSSR count). The van der Waals surface area contributed by atoms with E-state index in [1.807, 2.05) is 36.1 Å². The first-order valence-electron chi connectivity index (χ1n) is 9.51. The summed E-state index contributed by atoms with van der Waals surface area (Å²) in [4.78, 5) is 16.8. The molecule has 1 fully saturated rings. The minimum Gasteiger partial charge on any atom is -0.508 e. The van der Waals surface area contributed by atoms with Crippen LogP contribution >= 0.6 is 0 Å². The largest absolute Gasteiger partial charge is 0.508 e. The fourth-order valence-corrected chi connectivity index (χ4v) is 3.59. The van der Waals surface area contributed by atoms with Crippen molar-refractivity contribution in [2.75, 3.05) is 26.2 Å². The van der Waals surface area contributed by atoms with Crippen LogP contribution < -0.4 is 0 Å². The number of phenols is 1. The maximum atomic E-state index is 12.6. The van der Waals surface area contributed by atoms with Crippen LogP contribution in [0.1, 0.15) is 29.9 Å². The Hall–Kier alpha value is -2.31. The van der Waals surface area contributed by atoms with Crippen LogP contribution in [0.5, 0.6) is 5.75 Å². The summed E-state index contributed by atoms with van der Waals surface area (Å²) >= 11 is 0. The zero-order chi connectivity index (χ0) is 19.2. The number of furan rings is 1. The number of hydrogen-bond donors (Lipinski definition) is 2. The number of carbonyl (C=O) groups excluding carboxylic acids is 1. The Balaban J connectivity index is 1.54. The predicted octanol–water partition coefficient (Wildman–Crippen LogP) is 2.32. The summed E-state index contributed by atoms with van der Waals surface area (Å²) in [5.41, 5.74) is 1.04. The van der Waals surface area contributed by atoms with Gasteiger partial charge in [0, 0.05) is 38.7 Å². The molecule has 1 amide bonds. The zero-order valence-electron chi connectivity index (χ0n) is 15.8. The average Bonchev–Trinajstić information content (AvgIpc) is 3.07. The predicted molar refractivity (Wildman–Crippen MR) is 102 cm³/mol. The van der Waals surface area contributed by atoms with Crippen molar-refractivity contribution in [2.45, 2.75) is 38.8 Å². The van der Waals surface area contributed by atoms with E-state index in [-0.39, 0.29) is 24.3 Å². The van der Waals surface area contributed by atoms with Gasteiger partial charge in [0.15, 0.2) is 0 Å². The molecular weight excluding hydrogens is 344 g/mol. The lowest BCUT2D eigenvalue weighted by Crippen LogP contribution is -2.54. The highest BCUT2D eigenvalue weighted by molar-refractivity contribution is 5.76. The van der Waals surface area contributed by atoms with Gasteiger partial charge in [-0.2, -0.15) is 0 Å². The Bertz CT molecular complexity index is 741. The van der Waals surface area contributed by atoms with Gasteiger partial charge in [0.25, 0.3) is 0 Å². The number of aliphatic hydroxyl groups excluding tert-OH is 1. The van der Waals surface area contributed by atoms with Crippen LogP contribution in [0.4, 0.5) is 0 Å². The van der Waals surface area contributed by atoms with Gasteiger partial charge in [0.05, 0.1) is 6.54 Å². The molecule has 2 heterocycles. The fraction of sp³-hybridized carbons (Fsp3) is 0.476. The zero-order valence-corrected chi connectivity index (χ0v) is 15.8. The third-order valence-corrected chi connectivity index (χ3v) is 5.14. The molecule has 146 valence electrons. The third-order valence-electron chi connectivity index (χ3n) is 5.14. The summed E-state index contributed by atoms with van der Waals surface area (Å²) in [6.45, 7) is 4.83. The molecule has 0 unspecified atom stereocenters. The lowest BCUT2D eigenvalue weighted by Gasteiger charge is -2.41. The molecule has 0 radical (unpaired) electrons. The van der Waals surface area contributed by atoms with Gasteiger partial charge >= 0.3 is 0 Å². The van der Waals surface area contributed by atoms with Gasteiger partial charge < -0.3 is 19.5 Å². The highest BCUT2D eigenvalue weighted by atomic mass is 16.3. The van der Waals surface area contributed by atoms with E-state index in [0.717, 1.165) is 23.6 Å². The number of piperazine rings is 1. The lowest BCUT2D eigenvalue weighted by molar-refractivity contribution is -0.134. The summed E-state index contributed by atoms with van der Waals surface area (Å²) in [7, 11) is 0. The van der Waals surface area contributed by atoms with Gasteiger partial charge in [-0.15, -0.1) is 0 Å². The highest BCUT2D eigenvalue weighted by Crippen LogP contribution is 2.19.